The molecule has 0 aromatic heterocycles. The molecule has 0 aliphatic carbocycles. The normalized spacial score (nSPS) is 13.9. The van der Waals surface area contributed by atoms with Gasteiger partial charge in [0, 0.05) is 13.3 Å². The molecule has 11 heavy (non-hydrogen) atoms. The Bertz CT molecular complexity index is 202. The van der Waals surface area contributed by atoms with E-state index in [4.69, 9.17) is 0 Å². The fourth-order valence-electron chi connectivity index (χ4n) is 0.204. The van der Waals surface area contributed by atoms with Crippen LogP contribution in [0, 0.1) is 0 Å². The van der Waals surface area contributed by atoms with Crippen molar-refractivity contribution in [3.63, 3.8) is 0 Å². The van der Waals surface area contributed by atoms with Gasteiger partial charge >= 0.3 is 6.09 Å². The van der Waals surface area contributed by atoms with E-state index >= 15 is 0 Å². The van der Waals surface area contributed by atoms with Crippen LogP contribution in [-0.4, -0.2) is 28.6 Å². The van der Waals surface area contributed by atoms with Gasteiger partial charge in [0.05, 0.1) is 10.8 Å². The van der Waals surface area contributed by atoms with Crippen molar-refractivity contribution in [3.8, 4) is 0 Å². The minimum atomic E-state index is -1.18. The molecule has 64 valence electrons. The fourth-order valence-corrected chi connectivity index (χ4v) is 0.346. The monoisotopic (exact) mass is 178 g/mol. The van der Waals surface area contributed by atoms with Crippen LogP contribution in [0.5, 0.6) is 0 Å². The van der Waals surface area contributed by atoms with Crippen LogP contribution in [0.2, 0.25) is 0 Å². The molecular weight excluding hydrogens is 168 g/mol. The van der Waals surface area contributed by atoms with E-state index < -0.39 is 16.9 Å². The largest absolute Gasteiger partial charge is 0.433 e. The molecule has 0 heterocycles. The second-order valence-electron chi connectivity index (χ2n) is 1.69. The highest BCUT2D eigenvalue weighted by molar-refractivity contribution is 7.99. The number of nitrogens with zero attached hydrogens (tertiary/aromatic N) is 1. The first-order valence-electron chi connectivity index (χ1n) is 2.84. The van der Waals surface area contributed by atoms with Crippen LogP contribution in [0.25, 0.3) is 0 Å². The topological polar surface area (TPSA) is 67.8 Å². The van der Waals surface area contributed by atoms with Crippen molar-refractivity contribution in [3.05, 3.63) is 0 Å². The molecule has 6 heteroatoms. The molecule has 0 fully saturated rings. The maximum atomic E-state index is 10.6. The first-order chi connectivity index (χ1) is 5.07. The zero-order valence-electron chi connectivity index (χ0n) is 6.58. The number of carbonyl (C=O) groups is 1. The van der Waals surface area contributed by atoms with E-state index in [1.165, 1.54) is 20.2 Å². The highest BCUT2D eigenvalue weighted by atomic mass is 32.2. The lowest BCUT2D eigenvalue weighted by Crippen LogP contribution is -2.17. The third-order valence-electron chi connectivity index (χ3n) is 0.877. The number of hydrogen-bond acceptors (Lipinski definition) is 4. The van der Waals surface area contributed by atoms with E-state index in [0.29, 0.717) is 0 Å². The van der Waals surface area contributed by atoms with Crippen LogP contribution < -0.4 is 5.32 Å². The average Bonchev–Trinajstić information content (AvgIpc) is 1.99. The molecule has 0 aromatic rings. The Morgan fingerprint density at radius 3 is 2.55 bits per heavy atom. The summed E-state index contributed by atoms with van der Waals surface area (Å²) in [6.07, 6.45) is 0.779. The summed E-state index contributed by atoms with van der Waals surface area (Å²) < 4.78 is 10.6. The maximum absolute atomic E-state index is 10.6. The van der Waals surface area contributed by atoms with Gasteiger partial charge < -0.3 is 5.32 Å². The highest BCUT2D eigenvalue weighted by Gasteiger charge is 1.99. The van der Waals surface area contributed by atoms with Gasteiger partial charge in [0.15, 0.2) is 0 Å². The Kier molecular flexibility index (Phi) is 4.44. The van der Waals surface area contributed by atoms with Gasteiger partial charge in [-0.1, -0.05) is 5.16 Å². The van der Waals surface area contributed by atoms with Gasteiger partial charge in [-0.15, -0.1) is 0 Å². The van der Waals surface area contributed by atoms with Gasteiger partial charge in [-0.25, -0.2) is 4.79 Å². The van der Waals surface area contributed by atoms with E-state index in [2.05, 4.69) is 15.3 Å². The molecular formula is C5H10N2O3S. The van der Waals surface area contributed by atoms with Gasteiger partial charge in [-0.3, -0.25) is 9.05 Å². The summed E-state index contributed by atoms with van der Waals surface area (Å²) in [5, 5.41) is 5.76. The summed E-state index contributed by atoms with van der Waals surface area (Å²) in [6.45, 7) is 1.51. The minimum Gasteiger partial charge on any atom is -0.323 e. The van der Waals surface area contributed by atoms with Crippen molar-refractivity contribution in [1.29, 1.82) is 0 Å². The van der Waals surface area contributed by atoms with Crippen LogP contribution in [0.3, 0.4) is 0 Å². The van der Waals surface area contributed by atoms with E-state index in [1.54, 1.807) is 0 Å². The van der Waals surface area contributed by atoms with Crippen LogP contribution in [0.15, 0.2) is 5.16 Å². The standard InChI is InChI=1S/C5H10N2O3S/c1-4(11(3)9)7-10-5(8)6-2/h1-3H3,(H,6,8)/b7-4-. The first kappa shape index (κ1) is 10.1. The molecule has 0 spiro atoms. The molecule has 0 aromatic carbocycles. The molecule has 1 atom stereocenters. The minimum absolute atomic E-state index is 0.272. The van der Waals surface area contributed by atoms with E-state index in [0.717, 1.165) is 0 Å². The Balaban J connectivity index is 3.92. The van der Waals surface area contributed by atoms with E-state index in [9.17, 15) is 9.00 Å². The number of oxime groups is 1. The summed E-state index contributed by atoms with van der Waals surface area (Å²) in [6, 6.07) is 0. The van der Waals surface area contributed by atoms with Crippen LogP contribution >= 0.6 is 0 Å². The van der Waals surface area contributed by atoms with Gasteiger partial charge in [0.2, 0.25) is 0 Å². The Labute approximate surface area is 67.2 Å². The molecule has 0 aliphatic heterocycles. The van der Waals surface area contributed by atoms with Gasteiger partial charge in [-0.05, 0) is 6.92 Å². The number of rotatable bonds is 1. The molecule has 0 radical (unpaired) electrons. The predicted molar refractivity (Wildman–Crippen MR) is 42.7 cm³/mol. The number of carbonyl (C=O) groups excluding carboxylic acids is 1. The second-order valence-corrected chi connectivity index (χ2v) is 3.19. The van der Waals surface area contributed by atoms with E-state index in [-0.39, 0.29) is 5.04 Å². The number of hydrogen-bond donors (Lipinski definition) is 1. The predicted octanol–water partition coefficient (Wildman–Crippen LogP) is 0.0543. The first-order valence-corrected chi connectivity index (χ1v) is 4.40. The Hall–Kier alpha value is -0.910. The highest BCUT2D eigenvalue weighted by Crippen LogP contribution is 1.85. The van der Waals surface area contributed by atoms with Gasteiger partial charge in [0.1, 0.15) is 5.04 Å². The average molecular weight is 178 g/mol. The third kappa shape index (κ3) is 4.49. The van der Waals surface area contributed by atoms with Crippen LogP contribution in [0.1, 0.15) is 6.92 Å². The Morgan fingerprint density at radius 1 is 1.64 bits per heavy atom. The maximum Gasteiger partial charge on any atom is 0.433 e. The lowest BCUT2D eigenvalue weighted by atomic mass is 10.9. The lowest BCUT2D eigenvalue weighted by Gasteiger charge is -1.95. The van der Waals surface area contributed by atoms with Crippen molar-refractivity contribution >= 4 is 21.9 Å². The zero-order chi connectivity index (χ0) is 8.85. The second kappa shape index (κ2) is 4.84. The van der Waals surface area contributed by atoms with Gasteiger partial charge in [0.25, 0.3) is 0 Å². The molecule has 0 bridgehead atoms. The zero-order valence-corrected chi connectivity index (χ0v) is 7.40. The smallest absolute Gasteiger partial charge is 0.323 e. The summed E-state index contributed by atoms with van der Waals surface area (Å²) in [7, 11) is 0.229. The summed E-state index contributed by atoms with van der Waals surface area (Å²) in [5.41, 5.74) is 0. The van der Waals surface area contributed by atoms with Crippen molar-refractivity contribution in [2.24, 2.45) is 5.16 Å². The molecule has 0 saturated heterocycles. The lowest BCUT2D eigenvalue weighted by molar-refractivity contribution is 0.153. The van der Waals surface area contributed by atoms with Crippen molar-refractivity contribution < 1.29 is 13.8 Å². The summed E-state index contributed by atoms with van der Waals surface area (Å²) >= 11 is 0. The van der Waals surface area contributed by atoms with Gasteiger partial charge in [-0.2, -0.15) is 0 Å². The quantitative estimate of drug-likeness (QED) is 0.267. The number of nitrogens with one attached hydrogen (secondary N) is 1. The van der Waals surface area contributed by atoms with Crippen LogP contribution in [0.4, 0.5) is 4.79 Å². The van der Waals surface area contributed by atoms with Crippen molar-refractivity contribution in [2.45, 2.75) is 6.92 Å². The summed E-state index contributed by atoms with van der Waals surface area (Å²) in [4.78, 5) is 14.7. The molecule has 5 nitrogen and oxygen atoms in total. The molecule has 1 amide bonds. The molecule has 0 rings (SSSR count). The van der Waals surface area contributed by atoms with Crippen molar-refractivity contribution in [1.82, 2.24) is 5.32 Å². The van der Waals surface area contributed by atoms with E-state index in [1.807, 2.05) is 0 Å². The fraction of sp³-hybridized carbons (Fsp3) is 0.600. The van der Waals surface area contributed by atoms with Crippen molar-refractivity contribution in [2.75, 3.05) is 13.3 Å². The van der Waals surface area contributed by atoms with Crippen LogP contribution in [-0.2, 0) is 15.6 Å². The third-order valence-corrected chi connectivity index (χ3v) is 1.78. The Morgan fingerprint density at radius 2 is 2.18 bits per heavy atom. The molecule has 1 N–H and O–H groups in total. The SMILES string of the molecule is CNC(=O)O/N=C(/C)S(C)=O. The molecule has 0 aliphatic rings. The molecule has 0 saturated carbocycles. The number of amides is 1. The molecule has 1 unspecified atom stereocenters. The summed E-state index contributed by atoms with van der Waals surface area (Å²) in [5.74, 6) is 0.